The van der Waals surface area contributed by atoms with E-state index in [1.165, 1.54) is 27.6 Å². The van der Waals surface area contributed by atoms with Gasteiger partial charge in [0, 0.05) is 18.0 Å². The van der Waals surface area contributed by atoms with Crippen molar-refractivity contribution in [2.45, 2.75) is 32.6 Å². The molecule has 2 aromatic rings. The molecule has 0 fully saturated rings. The molecule has 0 unspecified atom stereocenters. The molecule has 5 nitrogen and oxygen atoms in total. The van der Waals surface area contributed by atoms with Gasteiger partial charge < -0.3 is 15.7 Å². The minimum absolute atomic E-state index is 0.0432. The van der Waals surface area contributed by atoms with E-state index in [0.29, 0.717) is 34.3 Å². The van der Waals surface area contributed by atoms with Crippen LogP contribution in [0.25, 0.3) is 0 Å². The van der Waals surface area contributed by atoms with Gasteiger partial charge in [-0.25, -0.2) is 0 Å². The number of anilines is 1. The van der Waals surface area contributed by atoms with Crippen LogP contribution in [0.15, 0.2) is 17.5 Å². The van der Waals surface area contributed by atoms with E-state index < -0.39 is 0 Å². The van der Waals surface area contributed by atoms with Crippen LogP contribution in [0.2, 0.25) is 0 Å². The summed E-state index contributed by atoms with van der Waals surface area (Å²) in [5, 5.41) is 17.2. The predicted molar refractivity (Wildman–Crippen MR) is 102 cm³/mol. The first-order chi connectivity index (χ1) is 12.1. The molecule has 0 saturated heterocycles. The third-order valence-corrected chi connectivity index (χ3v) is 6.37. The van der Waals surface area contributed by atoms with E-state index in [9.17, 15) is 9.59 Å². The molecule has 0 radical (unpaired) electrons. The fourth-order valence-corrected chi connectivity index (χ4v) is 5.04. The Balaban J connectivity index is 1.87. The summed E-state index contributed by atoms with van der Waals surface area (Å²) >= 11 is 2.90. The van der Waals surface area contributed by atoms with Crippen molar-refractivity contribution in [2.75, 3.05) is 18.5 Å². The number of rotatable bonds is 6. The van der Waals surface area contributed by atoms with Gasteiger partial charge in [-0.2, -0.15) is 0 Å². The van der Waals surface area contributed by atoms with Crippen LogP contribution in [-0.2, 0) is 12.8 Å². The fourth-order valence-electron chi connectivity index (χ4n) is 3.02. The van der Waals surface area contributed by atoms with Crippen molar-refractivity contribution in [2.24, 2.45) is 5.92 Å². The van der Waals surface area contributed by atoms with Gasteiger partial charge in [-0.1, -0.05) is 13.0 Å². The average molecular weight is 379 g/mol. The van der Waals surface area contributed by atoms with Crippen LogP contribution in [0.5, 0.6) is 0 Å². The topological polar surface area (TPSA) is 78.4 Å². The summed E-state index contributed by atoms with van der Waals surface area (Å²) in [7, 11) is 0. The highest BCUT2D eigenvalue weighted by Gasteiger charge is 2.28. The monoisotopic (exact) mass is 378 g/mol. The molecule has 0 aromatic carbocycles. The molecule has 1 atom stereocenters. The molecule has 3 rings (SSSR count). The van der Waals surface area contributed by atoms with Crippen LogP contribution in [0.4, 0.5) is 5.00 Å². The van der Waals surface area contributed by atoms with E-state index in [-0.39, 0.29) is 18.4 Å². The van der Waals surface area contributed by atoms with Crippen molar-refractivity contribution in [1.29, 1.82) is 0 Å². The van der Waals surface area contributed by atoms with Crippen LogP contribution < -0.4 is 10.6 Å². The van der Waals surface area contributed by atoms with E-state index in [4.69, 9.17) is 5.11 Å². The number of thiophene rings is 2. The minimum Gasteiger partial charge on any atom is -0.396 e. The second kappa shape index (κ2) is 8.12. The highest BCUT2D eigenvalue weighted by atomic mass is 32.1. The average Bonchev–Trinajstić information content (AvgIpc) is 3.22. The van der Waals surface area contributed by atoms with E-state index >= 15 is 0 Å². The largest absolute Gasteiger partial charge is 0.396 e. The molecule has 2 aromatic heterocycles. The molecule has 3 N–H and O–H groups in total. The summed E-state index contributed by atoms with van der Waals surface area (Å²) in [6, 6.07) is 3.61. The molecule has 2 heterocycles. The zero-order valence-corrected chi connectivity index (χ0v) is 15.8. The lowest BCUT2D eigenvalue weighted by atomic mass is 9.88. The highest BCUT2D eigenvalue weighted by molar-refractivity contribution is 7.17. The van der Waals surface area contributed by atoms with Crippen LogP contribution >= 0.6 is 22.7 Å². The molecule has 0 saturated carbocycles. The zero-order valence-electron chi connectivity index (χ0n) is 14.1. The van der Waals surface area contributed by atoms with Crippen molar-refractivity contribution in [1.82, 2.24) is 5.32 Å². The second-order valence-electron chi connectivity index (χ2n) is 6.32. The quantitative estimate of drug-likeness (QED) is 0.675. The Hall–Kier alpha value is -1.70. The van der Waals surface area contributed by atoms with Gasteiger partial charge in [-0.3, -0.25) is 9.59 Å². The van der Waals surface area contributed by atoms with Crippen LogP contribution in [0, 0.1) is 5.92 Å². The van der Waals surface area contributed by atoms with Gasteiger partial charge in [0.25, 0.3) is 11.8 Å². The molecule has 0 bridgehead atoms. The smallest absolute Gasteiger partial charge is 0.266 e. The van der Waals surface area contributed by atoms with Gasteiger partial charge in [0.1, 0.15) is 5.00 Å². The summed E-state index contributed by atoms with van der Waals surface area (Å²) in [5.74, 6) is 0.255. The molecule has 2 amide bonds. The number of carbonyl (C=O) groups is 2. The summed E-state index contributed by atoms with van der Waals surface area (Å²) in [4.78, 5) is 26.9. The molecule has 0 aliphatic heterocycles. The number of aliphatic hydroxyl groups excluding tert-OH is 1. The Bertz CT molecular complexity index is 753. The normalized spacial score (nSPS) is 16.3. The van der Waals surface area contributed by atoms with Crippen molar-refractivity contribution in [3.8, 4) is 0 Å². The Morgan fingerprint density at radius 2 is 2.20 bits per heavy atom. The Morgan fingerprint density at radius 3 is 2.92 bits per heavy atom. The van der Waals surface area contributed by atoms with E-state index in [0.717, 1.165) is 24.8 Å². The van der Waals surface area contributed by atoms with Gasteiger partial charge in [0.15, 0.2) is 0 Å². The fraction of sp³-hybridized carbons (Fsp3) is 0.444. The molecule has 25 heavy (non-hydrogen) atoms. The van der Waals surface area contributed by atoms with Gasteiger partial charge >= 0.3 is 0 Å². The highest BCUT2D eigenvalue weighted by Crippen LogP contribution is 2.39. The third kappa shape index (κ3) is 4.11. The Kier molecular flexibility index (Phi) is 5.88. The van der Waals surface area contributed by atoms with E-state index in [2.05, 4.69) is 17.6 Å². The lowest BCUT2D eigenvalue weighted by Crippen LogP contribution is -2.27. The van der Waals surface area contributed by atoms with Crippen LogP contribution in [0.1, 0.15) is 50.2 Å². The first-order valence-electron chi connectivity index (χ1n) is 8.48. The van der Waals surface area contributed by atoms with Gasteiger partial charge in [-0.05, 0) is 48.6 Å². The van der Waals surface area contributed by atoms with E-state index in [1.807, 2.05) is 11.4 Å². The van der Waals surface area contributed by atoms with Gasteiger partial charge in [-0.15, -0.1) is 22.7 Å². The Morgan fingerprint density at radius 1 is 1.36 bits per heavy atom. The van der Waals surface area contributed by atoms with Gasteiger partial charge in [0.05, 0.1) is 10.4 Å². The molecular formula is C18H22N2O3S2. The first-order valence-corrected chi connectivity index (χ1v) is 10.2. The van der Waals surface area contributed by atoms with Crippen molar-refractivity contribution < 1.29 is 14.7 Å². The summed E-state index contributed by atoms with van der Waals surface area (Å²) in [6.45, 7) is 2.68. The molecule has 0 spiro atoms. The molecule has 7 heteroatoms. The number of aliphatic hydroxyl groups is 1. The standard InChI is InChI=1S/C18H22N2O3S2/c1-11-5-6-12-14(10-11)25-18(15(12)17(23)19-7-3-8-21)20-16(22)13-4-2-9-24-13/h2,4,9,11,21H,3,5-8,10H2,1H3,(H,19,23)(H,20,22)/t11-/m1/s1. The number of hydrogen-bond acceptors (Lipinski definition) is 5. The van der Waals surface area contributed by atoms with Crippen LogP contribution in [-0.4, -0.2) is 30.1 Å². The summed E-state index contributed by atoms with van der Waals surface area (Å²) < 4.78 is 0. The zero-order chi connectivity index (χ0) is 17.8. The molecule has 1 aliphatic rings. The van der Waals surface area contributed by atoms with E-state index in [1.54, 1.807) is 6.07 Å². The molecule has 1 aliphatic carbocycles. The number of nitrogens with one attached hydrogen (secondary N) is 2. The number of carbonyl (C=O) groups excluding carboxylic acids is 2. The Labute approximate surface area is 155 Å². The number of hydrogen-bond donors (Lipinski definition) is 3. The van der Waals surface area contributed by atoms with Gasteiger partial charge in [0.2, 0.25) is 0 Å². The maximum Gasteiger partial charge on any atom is 0.266 e. The predicted octanol–water partition coefficient (Wildman–Crippen LogP) is 3.30. The minimum atomic E-state index is -0.175. The summed E-state index contributed by atoms with van der Waals surface area (Å²) in [5.41, 5.74) is 1.68. The molecular weight excluding hydrogens is 356 g/mol. The number of amides is 2. The lowest BCUT2D eigenvalue weighted by Gasteiger charge is -2.18. The van der Waals surface area contributed by atoms with Crippen LogP contribution in [0.3, 0.4) is 0 Å². The third-order valence-electron chi connectivity index (χ3n) is 4.33. The lowest BCUT2D eigenvalue weighted by molar-refractivity contribution is 0.0951. The molecule has 134 valence electrons. The maximum absolute atomic E-state index is 12.7. The van der Waals surface area contributed by atoms with Crippen molar-refractivity contribution in [3.05, 3.63) is 38.4 Å². The first kappa shape index (κ1) is 18.1. The number of fused-ring (bicyclic) bond motifs is 1. The maximum atomic E-state index is 12.7. The SMILES string of the molecule is C[C@@H]1CCc2c(sc(NC(=O)c3cccs3)c2C(=O)NCCCO)C1. The van der Waals surface area contributed by atoms with Crippen molar-refractivity contribution >= 4 is 39.5 Å². The van der Waals surface area contributed by atoms with Crippen molar-refractivity contribution in [3.63, 3.8) is 0 Å². The summed E-state index contributed by atoms with van der Waals surface area (Å²) in [6.07, 6.45) is 3.39. The second-order valence-corrected chi connectivity index (χ2v) is 8.37.